The van der Waals surface area contributed by atoms with Crippen LogP contribution < -0.4 is 5.32 Å². The second-order valence-electron chi connectivity index (χ2n) is 4.55. The summed E-state index contributed by atoms with van der Waals surface area (Å²) in [5.41, 5.74) is 5.22. The standard InChI is InChI=1S/C16H19N/c1-12-7-9-14(10-8-12)16(17-3)15-6-4-5-13(2)11-15/h4-11,16-17H,1-3H3. The Labute approximate surface area is 103 Å². The maximum atomic E-state index is 3.38. The van der Waals surface area contributed by atoms with Gasteiger partial charge < -0.3 is 5.32 Å². The molecular weight excluding hydrogens is 206 g/mol. The zero-order valence-corrected chi connectivity index (χ0v) is 10.7. The summed E-state index contributed by atoms with van der Waals surface area (Å²) in [7, 11) is 2.01. The summed E-state index contributed by atoms with van der Waals surface area (Å²) in [6.45, 7) is 4.25. The molecular formula is C16H19N. The molecule has 0 saturated heterocycles. The molecule has 0 amide bonds. The van der Waals surface area contributed by atoms with E-state index in [0.717, 1.165) is 0 Å². The van der Waals surface area contributed by atoms with E-state index in [0.29, 0.717) is 0 Å². The van der Waals surface area contributed by atoms with Gasteiger partial charge in [0, 0.05) is 0 Å². The molecule has 17 heavy (non-hydrogen) atoms. The minimum Gasteiger partial charge on any atom is -0.309 e. The molecule has 0 bridgehead atoms. The Morgan fingerprint density at radius 3 is 2.12 bits per heavy atom. The molecule has 1 N–H and O–H groups in total. The van der Waals surface area contributed by atoms with Crippen molar-refractivity contribution in [2.75, 3.05) is 7.05 Å². The predicted octanol–water partition coefficient (Wildman–Crippen LogP) is 3.61. The molecule has 0 radical (unpaired) electrons. The van der Waals surface area contributed by atoms with Gasteiger partial charge in [0.25, 0.3) is 0 Å². The largest absolute Gasteiger partial charge is 0.309 e. The third-order valence-corrected chi connectivity index (χ3v) is 3.07. The number of aryl methyl sites for hydroxylation is 2. The van der Waals surface area contributed by atoms with Gasteiger partial charge in [-0.1, -0.05) is 59.7 Å². The number of benzene rings is 2. The second kappa shape index (κ2) is 5.15. The summed E-state index contributed by atoms with van der Waals surface area (Å²) in [6.07, 6.45) is 0. The van der Waals surface area contributed by atoms with Gasteiger partial charge >= 0.3 is 0 Å². The van der Waals surface area contributed by atoms with E-state index in [1.165, 1.54) is 22.3 Å². The van der Waals surface area contributed by atoms with Gasteiger partial charge in [-0.25, -0.2) is 0 Å². The molecule has 0 aromatic heterocycles. The molecule has 88 valence electrons. The smallest absolute Gasteiger partial charge is 0.0574 e. The number of nitrogens with one attached hydrogen (secondary N) is 1. The van der Waals surface area contributed by atoms with Crippen molar-refractivity contribution in [1.29, 1.82) is 0 Å². The first kappa shape index (κ1) is 11.9. The van der Waals surface area contributed by atoms with Gasteiger partial charge in [0.2, 0.25) is 0 Å². The quantitative estimate of drug-likeness (QED) is 0.841. The van der Waals surface area contributed by atoms with E-state index in [2.05, 4.69) is 67.7 Å². The molecule has 0 heterocycles. The van der Waals surface area contributed by atoms with Gasteiger partial charge in [0.05, 0.1) is 6.04 Å². The maximum Gasteiger partial charge on any atom is 0.0574 e. The number of hydrogen-bond donors (Lipinski definition) is 1. The normalized spacial score (nSPS) is 12.4. The van der Waals surface area contributed by atoms with Crippen LogP contribution in [0.4, 0.5) is 0 Å². The van der Waals surface area contributed by atoms with Crippen LogP contribution in [-0.4, -0.2) is 7.05 Å². The molecule has 0 fully saturated rings. The van der Waals surface area contributed by atoms with Crippen molar-refractivity contribution in [1.82, 2.24) is 5.32 Å². The average molecular weight is 225 g/mol. The highest BCUT2D eigenvalue weighted by Crippen LogP contribution is 2.22. The topological polar surface area (TPSA) is 12.0 Å². The summed E-state index contributed by atoms with van der Waals surface area (Å²) >= 11 is 0. The van der Waals surface area contributed by atoms with Crippen molar-refractivity contribution >= 4 is 0 Å². The van der Waals surface area contributed by atoms with E-state index in [1.54, 1.807) is 0 Å². The van der Waals surface area contributed by atoms with E-state index in [1.807, 2.05) is 7.05 Å². The Morgan fingerprint density at radius 2 is 1.53 bits per heavy atom. The first-order valence-electron chi connectivity index (χ1n) is 6.01. The predicted molar refractivity (Wildman–Crippen MR) is 73.3 cm³/mol. The van der Waals surface area contributed by atoms with E-state index in [-0.39, 0.29) is 6.04 Å². The lowest BCUT2D eigenvalue weighted by molar-refractivity contribution is 0.691. The van der Waals surface area contributed by atoms with Crippen molar-refractivity contribution in [3.63, 3.8) is 0 Å². The summed E-state index contributed by atoms with van der Waals surface area (Å²) in [5, 5.41) is 3.38. The fourth-order valence-corrected chi connectivity index (χ4v) is 2.13. The minimum absolute atomic E-state index is 0.274. The zero-order chi connectivity index (χ0) is 12.3. The third kappa shape index (κ3) is 2.75. The lowest BCUT2D eigenvalue weighted by Gasteiger charge is -2.18. The van der Waals surface area contributed by atoms with Crippen LogP contribution in [0.3, 0.4) is 0 Å². The highest BCUT2D eigenvalue weighted by molar-refractivity contribution is 5.35. The second-order valence-corrected chi connectivity index (χ2v) is 4.55. The zero-order valence-electron chi connectivity index (χ0n) is 10.7. The average Bonchev–Trinajstić information content (AvgIpc) is 2.33. The Kier molecular flexibility index (Phi) is 3.60. The van der Waals surface area contributed by atoms with Gasteiger partial charge in [-0.3, -0.25) is 0 Å². The molecule has 1 unspecified atom stereocenters. The first-order valence-corrected chi connectivity index (χ1v) is 6.01. The Balaban J connectivity index is 2.36. The van der Waals surface area contributed by atoms with Gasteiger partial charge in [-0.15, -0.1) is 0 Å². The molecule has 0 aliphatic heterocycles. The van der Waals surface area contributed by atoms with E-state index in [4.69, 9.17) is 0 Å². The molecule has 0 saturated carbocycles. The molecule has 2 rings (SSSR count). The highest BCUT2D eigenvalue weighted by atomic mass is 14.9. The van der Waals surface area contributed by atoms with Crippen LogP contribution in [-0.2, 0) is 0 Å². The van der Waals surface area contributed by atoms with Crippen LogP contribution in [0.15, 0.2) is 48.5 Å². The molecule has 2 aromatic carbocycles. The van der Waals surface area contributed by atoms with Crippen molar-refractivity contribution < 1.29 is 0 Å². The minimum atomic E-state index is 0.274. The van der Waals surface area contributed by atoms with Crippen LogP contribution in [0.1, 0.15) is 28.3 Å². The van der Waals surface area contributed by atoms with Crippen LogP contribution >= 0.6 is 0 Å². The summed E-state index contributed by atoms with van der Waals surface area (Å²) in [6, 6.07) is 17.6. The Morgan fingerprint density at radius 1 is 0.824 bits per heavy atom. The number of rotatable bonds is 3. The van der Waals surface area contributed by atoms with Crippen LogP contribution in [0.2, 0.25) is 0 Å². The Hall–Kier alpha value is -1.60. The molecule has 1 heteroatoms. The fourth-order valence-electron chi connectivity index (χ4n) is 2.13. The molecule has 0 aliphatic rings. The van der Waals surface area contributed by atoms with Crippen molar-refractivity contribution in [3.05, 3.63) is 70.8 Å². The molecule has 1 nitrogen and oxygen atoms in total. The monoisotopic (exact) mass is 225 g/mol. The summed E-state index contributed by atoms with van der Waals surface area (Å²) < 4.78 is 0. The van der Waals surface area contributed by atoms with Crippen molar-refractivity contribution in [2.45, 2.75) is 19.9 Å². The van der Waals surface area contributed by atoms with E-state index < -0.39 is 0 Å². The van der Waals surface area contributed by atoms with Crippen LogP contribution in [0.5, 0.6) is 0 Å². The lowest BCUT2D eigenvalue weighted by atomic mass is 9.97. The third-order valence-electron chi connectivity index (χ3n) is 3.07. The van der Waals surface area contributed by atoms with Crippen molar-refractivity contribution in [2.24, 2.45) is 0 Å². The van der Waals surface area contributed by atoms with Gasteiger partial charge in [0.1, 0.15) is 0 Å². The van der Waals surface area contributed by atoms with Crippen molar-refractivity contribution in [3.8, 4) is 0 Å². The van der Waals surface area contributed by atoms with E-state index >= 15 is 0 Å². The maximum absolute atomic E-state index is 3.38. The molecule has 0 spiro atoms. The summed E-state index contributed by atoms with van der Waals surface area (Å²) in [4.78, 5) is 0. The first-order chi connectivity index (χ1) is 8.20. The molecule has 1 atom stereocenters. The van der Waals surface area contributed by atoms with Gasteiger partial charge in [-0.2, -0.15) is 0 Å². The molecule has 2 aromatic rings. The molecule has 0 aliphatic carbocycles. The SMILES string of the molecule is CNC(c1ccc(C)cc1)c1cccc(C)c1. The number of hydrogen-bond acceptors (Lipinski definition) is 1. The van der Waals surface area contributed by atoms with Crippen LogP contribution in [0, 0.1) is 13.8 Å². The van der Waals surface area contributed by atoms with E-state index in [9.17, 15) is 0 Å². The van der Waals surface area contributed by atoms with Crippen LogP contribution in [0.25, 0.3) is 0 Å². The highest BCUT2D eigenvalue weighted by Gasteiger charge is 2.11. The Bertz CT molecular complexity index is 485. The van der Waals surface area contributed by atoms with Gasteiger partial charge in [0.15, 0.2) is 0 Å². The lowest BCUT2D eigenvalue weighted by Crippen LogP contribution is -2.17. The van der Waals surface area contributed by atoms with Gasteiger partial charge in [-0.05, 0) is 32.0 Å². The summed E-state index contributed by atoms with van der Waals surface area (Å²) in [5.74, 6) is 0. The fraction of sp³-hybridized carbons (Fsp3) is 0.250.